The summed E-state index contributed by atoms with van der Waals surface area (Å²) in [6.07, 6.45) is 5.68. The molecular weight excluding hydrogens is 418 g/mol. The van der Waals surface area contributed by atoms with Crippen LogP contribution in [0.5, 0.6) is 0 Å². The summed E-state index contributed by atoms with van der Waals surface area (Å²) < 4.78 is 28.1. The van der Waals surface area contributed by atoms with Crippen molar-refractivity contribution in [2.45, 2.75) is 37.1 Å². The fourth-order valence-corrected chi connectivity index (χ4v) is 5.12. The maximum absolute atomic E-state index is 12.8. The largest absolute Gasteiger partial charge is 0.324 e. The van der Waals surface area contributed by atoms with Crippen molar-refractivity contribution in [2.24, 2.45) is 0 Å². The average molecular weight is 444 g/mol. The Morgan fingerprint density at radius 3 is 2.61 bits per heavy atom. The van der Waals surface area contributed by atoms with Crippen LogP contribution in [0.15, 0.2) is 47.6 Å². The minimum absolute atomic E-state index is 0.0225. The molecular formula is C21H25N5O4S. The Kier molecular flexibility index (Phi) is 5.92. The third-order valence-corrected chi connectivity index (χ3v) is 7.06. The van der Waals surface area contributed by atoms with Crippen LogP contribution in [0.4, 0.5) is 16.2 Å². The molecule has 1 fully saturated rings. The van der Waals surface area contributed by atoms with Gasteiger partial charge in [0.1, 0.15) is 0 Å². The number of nitrogens with one attached hydrogen (secondary N) is 2. The molecule has 0 aliphatic carbocycles. The molecule has 2 aliphatic rings. The molecule has 3 amide bonds. The molecule has 3 heterocycles. The molecule has 0 radical (unpaired) electrons. The summed E-state index contributed by atoms with van der Waals surface area (Å²) in [5.74, 6) is -0.486. The van der Waals surface area contributed by atoms with Crippen molar-refractivity contribution in [1.82, 2.24) is 14.6 Å². The van der Waals surface area contributed by atoms with Crippen molar-refractivity contribution >= 4 is 33.3 Å². The van der Waals surface area contributed by atoms with Crippen molar-refractivity contribution in [3.8, 4) is 0 Å². The zero-order valence-electron chi connectivity index (χ0n) is 17.2. The molecule has 2 aromatic rings. The van der Waals surface area contributed by atoms with Crippen molar-refractivity contribution in [1.29, 1.82) is 0 Å². The van der Waals surface area contributed by atoms with Gasteiger partial charge in [-0.2, -0.15) is 4.72 Å². The normalized spacial score (nSPS) is 16.8. The quantitative estimate of drug-likeness (QED) is 0.734. The molecule has 9 nitrogen and oxygen atoms in total. The molecule has 10 heteroatoms. The highest BCUT2D eigenvalue weighted by molar-refractivity contribution is 7.89. The first-order valence-corrected chi connectivity index (χ1v) is 11.8. The average Bonchev–Trinajstić information content (AvgIpc) is 3.43. The molecule has 2 aliphatic heterocycles. The minimum Gasteiger partial charge on any atom is -0.324 e. The number of anilines is 2. The lowest BCUT2D eigenvalue weighted by molar-refractivity contribution is -0.117. The Morgan fingerprint density at radius 1 is 1.13 bits per heavy atom. The number of benzene rings is 1. The van der Waals surface area contributed by atoms with Gasteiger partial charge in [0, 0.05) is 31.5 Å². The van der Waals surface area contributed by atoms with Crippen molar-refractivity contribution < 1.29 is 18.0 Å². The maximum atomic E-state index is 12.8. The first-order valence-electron chi connectivity index (χ1n) is 10.3. The van der Waals surface area contributed by atoms with E-state index in [1.165, 1.54) is 19.2 Å². The number of carbonyl (C=O) groups is 2. The predicted octanol–water partition coefficient (Wildman–Crippen LogP) is 1.97. The number of amides is 3. The lowest BCUT2D eigenvalue weighted by Crippen LogP contribution is -2.41. The van der Waals surface area contributed by atoms with E-state index in [2.05, 4.69) is 15.0 Å². The van der Waals surface area contributed by atoms with E-state index in [-0.39, 0.29) is 10.9 Å². The molecule has 164 valence electrons. The fourth-order valence-electron chi connectivity index (χ4n) is 3.86. The smallest absolute Gasteiger partial charge is 0.324 e. The minimum atomic E-state index is -3.91. The number of carbonyl (C=O) groups excluding carboxylic acids is 2. The molecule has 0 bridgehead atoms. The second kappa shape index (κ2) is 8.64. The van der Waals surface area contributed by atoms with Gasteiger partial charge in [0.2, 0.25) is 15.9 Å². The van der Waals surface area contributed by atoms with E-state index < -0.39 is 22.0 Å². The van der Waals surface area contributed by atoms with Crippen LogP contribution in [0.2, 0.25) is 0 Å². The summed E-state index contributed by atoms with van der Waals surface area (Å²) in [4.78, 5) is 32.6. The Hall–Kier alpha value is -2.98. The number of rotatable bonds is 5. The Balaban J connectivity index is 1.45. The van der Waals surface area contributed by atoms with Crippen LogP contribution in [0.25, 0.3) is 0 Å². The van der Waals surface area contributed by atoms with Gasteiger partial charge >= 0.3 is 6.03 Å². The Bertz CT molecular complexity index is 1080. The monoisotopic (exact) mass is 443 g/mol. The van der Waals surface area contributed by atoms with E-state index in [1.807, 2.05) is 4.90 Å². The summed E-state index contributed by atoms with van der Waals surface area (Å²) in [6.45, 7) is 3.54. The standard InChI is InChI=1S/C21H25N5O4S/c1-15(20(27)23-17-5-4-9-22-14-17)24-31(29,30)18-6-7-19-16(13-18)8-12-26(19)21(28)25-10-2-3-11-25/h4-7,9,13-15,24H,2-3,8,10-12H2,1H3,(H,23,27). The first kappa shape index (κ1) is 21.3. The number of urea groups is 1. The van der Waals surface area contributed by atoms with Gasteiger partial charge < -0.3 is 10.2 Å². The van der Waals surface area contributed by atoms with Crippen LogP contribution in [-0.2, 0) is 21.2 Å². The van der Waals surface area contributed by atoms with Gasteiger partial charge in [-0.05, 0) is 62.1 Å². The van der Waals surface area contributed by atoms with Gasteiger partial charge in [0.05, 0.1) is 22.8 Å². The van der Waals surface area contributed by atoms with E-state index in [0.717, 1.165) is 37.2 Å². The summed E-state index contributed by atoms with van der Waals surface area (Å²) in [5, 5.41) is 2.63. The van der Waals surface area contributed by atoms with Gasteiger partial charge in [-0.15, -0.1) is 0 Å². The van der Waals surface area contributed by atoms with E-state index in [4.69, 9.17) is 0 Å². The number of hydrogen-bond acceptors (Lipinski definition) is 5. The zero-order valence-corrected chi connectivity index (χ0v) is 18.1. The fraction of sp³-hybridized carbons (Fsp3) is 0.381. The van der Waals surface area contributed by atoms with Crippen molar-refractivity contribution in [3.63, 3.8) is 0 Å². The molecule has 2 N–H and O–H groups in total. The number of pyridine rings is 1. The lowest BCUT2D eigenvalue weighted by atomic mass is 10.2. The highest BCUT2D eigenvalue weighted by Crippen LogP contribution is 2.31. The zero-order chi connectivity index (χ0) is 22.0. The van der Waals surface area contributed by atoms with Crippen molar-refractivity contribution in [3.05, 3.63) is 48.3 Å². The molecule has 31 heavy (non-hydrogen) atoms. The van der Waals surface area contributed by atoms with Crippen LogP contribution >= 0.6 is 0 Å². The summed E-state index contributed by atoms with van der Waals surface area (Å²) in [6, 6.07) is 7.07. The Labute approximate surface area is 181 Å². The van der Waals surface area contributed by atoms with Gasteiger partial charge in [0.25, 0.3) is 0 Å². The topological polar surface area (TPSA) is 112 Å². The maximum Gasteiger partial charge on any atom is 0.324 e. The second-order valence-corrected chi connectivity index (χ2v) is 9.46. The number of sulfonamides is 1. The molecule has 0 saturated carbocycles. The molecule has 0 spiro atoms. The SMILES string of the molecule is CC(NS(=O)(=O)c1ccc2c(c1)CCN2C(=O)N1CCCC1)C(=O)Nc1cccnc1. The van der Waals surface area contributed by atoms with Crippen LogP contribution in [0, 0.1) is 0 Å². The van der Waals surface area contributed by atoms with Crippen LogP contribution < -0.4 is 14.9 Å². The number of likely N-dealkylation sites (tertiary alicyclic amines) is 1. The molecule has 1 saturated heterocycles. The van der Waals surface area contributed by atoms with E-state index in [9.17, 15) is 18.0 Å². The van der Waals surface area contributed by atoms with Crippen molar-refractivity contribution in [2.75, 3.05) is 29.9 Å². The molecule has 1 aromatic carbocycles. The van der Waals surface area contributed by atoms with Crippen LogP contribution in [0.1, 0.15) is 25.3 Å². The highest BCUT2D eigenvalue weighted by atomic mass is 32.2. The van der Waals surface area contributed by atoms with Crippen LogP contribution in [-0.4, -0.2) is 55.9 Å². The summed E-state index contributed by atoms with van der Waals surface area (Å²) >= 11 is 0. The third kappa shape index (κ3) is 4.54. The van der Waals surface area contributed by atoms with Gasteiger partial charge in [-0.25, -0.2) is 13.2 Å². The summed E-state index contributed by atoms with van der Waals surface area (Å²) in [7, 11) is -3.91. The number of aromatic nitrogens is 1. The molecule has 1 unspecified atom stereocenters. The Morgan fingerprint density at radius 2 is 1.90 bits per heavy atom. The molecule has 1 atom stereocenters. The predicted molar refractivity (Wildman–Crippen MR) is 116 cm³/mol. The first-order chi connectivity index (χ1) is 14.8. The van der Waals surface area contributed by atoms with E-state index >= 15 is 0 Å². The molecule has 1 aromatic heterocycles. The summed E-state index contributed by atoms with van der Waals surface area (Å²) in [5.41, 5.74) is 2.04. The number of fused-ring (bicyclic) bond motifs is 1. The van der Waals surface area contributed by atoms with E-state index in [0.29, 0.717) is 18.7 Å². The lowest BCUT2D eigenvalue weighted by Gasteiger charge is -2.24. The highest BCUT2D eigenvalue weighted by Gasteiger charge is 2.31. The second-order valence-electron chi connectivity index (χ2n) is 7.74. The van der Waals surface area contributed by atoms with E-state index in [1.54, 1.807) is 35.4 Å². The number of hydrogen-bond donors (Lipinski definition) is 2. The van der Waals surface area contributed by atoms with Gasteiger partial charge in [-0.3, -0.25) is 14.7 Å². The molecule has 4 rings (SSSR count). The van der Waals surface area contributed by atoms with Crippen LogP contribution in [0.3, 0.4) is 0 Å². The number of nitrogens with zero attached hydrogens (tertiary/aromatic N) is 3. The van der Waals surface area contributed by atoms with Gasteiger partial charge in [0.15, 0.2) is 0 Å². The third-order valence-electron chi connectivity index (χ3n) is 5.52. The van der Waals surface area contributed by atoms with Gasteiger partial charge in [-0.1, -0.05) is 0 Å².